The van der Waals surface area contributed by atoms with Crippen molar-refractivity contribution in [2.45, 2.75) is 17.9 Å². The molecule has 0 N–H and O–H groups in total. The summed E-state index contributed by atoms with van der Waals surface area (Å²) < 4.78 is 10.6. The molecule has 1 aliphatic heterocycles. The molecular weight excluding hydrogens is 376 g/mol. The minimum Gasteiger partial charge on any atom is -0.459 e. The average Bonchev–Trinajstić information content (AvgIpc) is 3.21. The number of thioether (sulfide) groups is 1. The molecule has 0 saturated heterocycles. The number of fused-ring (bicyclic) bond motifs is 1. The lowest BCUT2D eigenvalue weighted by atomic mass is 10.2. The lowest BCUT2D eigenvalue weighted by Crippen LogP contribution is -2.37. The normalized spacial score (nSPS) is 13.3. The number of aromatic nitrogens is 1. The zero-order valence-corrected chi connectivity index (χ0v) is 15.9. The topological polar surface area (TPSA) is 72.6 Å². The van der Waals surface area contributed by atoms with E-state index < -0.39 is 0 Å². The van der Waals surface area contributed by atoms with E-state index >= 15 is 0 Å². The molecule has 7 heteroatoms. The number of nitrogens with zero attached hydrogens (tertiary/aromatic N) is 2. The van der Waals surface area contributed by atoms with E-state index in [1.807, 2.05) is 54.6 Å². The molecule has 0 spiro atoms. The Hall–Kier alpha value is -3.06. The van der Waals surface area contributed by atoms with E-state index in [2.05, 4.69) is 5.16 Å². The number of esters is 1. The van der Waals surface area contributed by atoms with E-state index in [-0.39, 0.29) is 24.9 Å². The van der Waals surface area contributed by atoms with Gasteiger partial charge in [-0.05, 0) is 12.1 Å². The van der Waals surface area contributed by atoms with Crippen molar-refractivity contribution in [2.75, 3.05) is 17.2 Å². The van der Waals surface area contributed by atoms with Gasteiger partial charge < -0.3 is 14.2 Å². The maximum Gasteiger partial charge on any atom is 0.307 e. The monoisotopic (exact) mass is 394 g/mol. The van der Waals surface area contributed by atoms with Crippen molar-refractivity contribution in [3.8, 4) is 11.3 Å². The van der Waals surface area contributed by atoms with Crippen molar-refractivity contribution in [1.29, 1.82) is 0 Å². The predicted octanol–water partition coefficient (Wildman–Crippen LogP) is 3.91. The standard InChI is InChI=1S/C21H18N2O4S/c24-20-14-28-19-9-5-4-8-17(19)23(20)11-10-21(25)26-13-16-12-18(27-22-16)15-6-2-1-3-7-15/h1-9,12H,10-11,13-14H2. The quantitative estimate of drug-likeness (QED) is 0.590. The van der Waals surface area contributed by atoms with Crippen LogP contribution in [-0.4, -0.2) is 29.3 Å². The summed E-state index contributed by atoms with van der Waals surface area (Å²) in [6, 6.07) is 19.0. The van der Waals surface area contributed by atoms with Crippen LogP contribution >= 0.6 is 11.8 Å². The van der Waals surface area contributed by atoms with Crippen molar-refractivity contribution in [2.24, 2.45) is 0 Å². The number of carbonyl (C=O) groups excluding carboxylic acids is 2. The van der Waals surface area contributed by atoms with E-state index in [0.717, 1.165) is 16.1 Å². The lowest BCUT2D eigenvalue weighted by Gasteiger charge is -2.28. The van der Waals surface area contributed by atoms with Gasteiger partial charge in [-0.25, -0.2) is 0 Å². The van der Waals surface area contributed by atoms with Gasteiger partial charge in [0.25, 0.3) is 0 Å². The fraction of sp³-hybridized carbons (Fsp3) is 0.190. The molecule has 0 radical (unpaired) electrons. The second-order valence-corrected chi connectivity index (χ2v) is 7.28. The molecule has 0 fully saturated rings. The molecule has 0 saturated carbocycles. The Balaban J connectivity index is 1.31. The third-order valence-electron chi connectivity index (χ3n) is 4.35. The van der Waals surface area contributed by atoms with Gasteiger partial charge in [-0.2, -0.15) is 0 Å². The number of amides is 1. The van der Waals surface area contributed by atoms with Crippen LogP contribution in [0.15, 0.2) is 70.1 Å². The van der Waals surface area contributed by atoms with Crippen LogP contribution in [0.2, 0.25) is 0 Å². The number of benzene rings is 2. The highest BCUT2D eigenvalue weighted by Crippen LogP contribution is 2.34. The largest absolute Gasteiger partial charge is 0.459 e. The minimum atomic E-state index is -0.382. The van der Waals surface area contributed by atoms with Crippen molar-refractivity contribution in [3.05, 3.63) is 66.4 Å². The zero-order chi connectivity index (χ0) is 19.3. The van der Waals surface area contributed by atoms with Crippen LogP contribution in [0.3, 0.4) is 0 Å². The Bertz CT molecular complexity index is 987. The van der Waals surface area contributed by atoms with Crippen molar-refractivity contribution >= 4 is 29.3 Å². The van der Waals surface area contributed by atoms with E-state index in [4.69, 9.17) is 9.26 Å². The minimum absolute atomic E-state index is 0.000467. The molecule has 0 aliphatic carbocycles. The van der Waals surface area contributed by atoms with Crippen molar-refractivity contribution < 1.29 is 18.8 Å². The van der Waals surface area contributed by atoms with Gasteiger partial charge in [0.05, 0.1) is 17.9 Å². The maximum atomic E-state index is 12.2. The van der Waals surface area contributed by atoms with Gasteiger partial charge in [-0.1, -0.05) is 47.6 Å². The Kier molecular flexibility index (Phi) is 5.43. The first-order chi connectivity index (χ1) is 13.7. The molecule has 1 aromatic heterocycles. The molecule has 142 valence electrons. The summed E-state index contributed by atoms with van der Waals surface area (Å²) in [5.41, 5.74) is 2.30. The lowest BCUT2D eigenvalue weighted by molar-refractivity contribution is -0.144. The molecule has 4 rings (SSSR count). The van der Waals surface area contributed by atoms with E-state index in [1.54, 1.807) is 11.0 Å². The molecule has 1 amide bonds. The highest BCUT2D eigenvalue weighted by Gasteiger charge is 2.24. The first kappa shape index (κ1) is 18.3. The van der Waals surface area contributed by atoms with Crippen molar-refractivity contribution in [1.82, 2.24) is 5.16 Å². The smallest absolute Gasteiger partial charge is 0.307 e. The summed E-state index contributed by atoms with van der Waals surface area (Å²) in [5.74, 6) is 0.626. The van der Waals surface area contributed by atoms with Crippen LogP contribution in [0.4, 0.5) is 5.69 Å². The van der Waals surface area contributed by atoms with E-state index in [9.17, 15) is 9.59 Å². The molecule has 2 heterocycles. The summed E-state index contributed by atoms with van der Waals surface area (Å²) in [6.45, 7) is 0.332. The molecule has 1 aliphatic rings. The van der Waals surface area contributed by atoms with Gasteiger partial charge in [0.1, 0.15) is 12.3 Å². The number of para-hydroxylation sites is 1. The van der Waals surface area contributed by atoms with Gasteiger partial charge >= 0.3 is 5.97 Å². The number of rotatable bonds is 6. The molecule has 0 bridgehead atoms. The van der Waals surface area contributed by atoms with Crippen LogP contribution in [0, 0.1) is 0 Å². The third-order valence-corrected chi connectivity index (χ3v) is 5.39. The van der Waals surface area contributed by atoms with Gasteiger partial charge in [-0.3, -0.25) is 9.59 Å². The summed E-state index contributed by atoms with van der Waals surface area (Å²) >= 11 is 1.52. The second-order valence-electron chi connectivity index (χ2n) is 6.26. The fourth-order valence-electron chi connectivity index (χ4n) is 2.95. The highest BCUT2D eigenvalue weighted by atomic mass is 32.2. The number of anilines is 1. The summed E-state index contributed by atoms with van der Waals surface area (Å²) in [6.07, 6.45) is 0.119. The van der Waals surface area contributed by atoms with E-state index in [1.165, 1.54) is 11.8 Å². The third kappa shape index (κ3) is 4.09. The first-order valence-electron chi connectivity index (χ1n) is 8.89. The molecular formula is C21H18N2O4S. The van der Waals surface area contributed by atoms with Gasteiger partial charge in [0.15, 0.2) is 5.76 Å². The molecule has 6 nitrogen and oxygen atoms in total. The number of hydrogen-bond acceptors (Lipinski definition) is 6. The van der Waals surface area contributed by atoms with Gasteiger partial charge in [0, 0.05) is 23.1 Å². The van der Waals surface area contributed by atoms with Gasteiger partial charge in [0.2, 0.25) is 5.91 Å². The molecule has 0 atom stereocenters. The molecule has 3 aromatic rings. The first-order valence-corrected chi connectivity index (χ1v) is 9.88. The van der Waals surface area contributed by atoms with Crippen molar-refractivity contribution in [3.63, 3.8) is 0 Å². The maximum absolute atomic E-state index is 12.2. The number of carbonyl (C=O) groups is 2. The molecule has 28 heavy (non-hydrogen) atoms. The average molecular weight is 394 g/mol. The van der Waals surface area contributed by atoms with Crippen LogP contribution < -0.4 is 4.90 Å². The van der Waals surface area contributed by atoms with Crippen LogP contribution in [0.5, 0.6) is 0 Å². The van der Waals surface area contributed by atoms with Gasteiger partial charge in [-0.15, -0.1) is 11.8 Å². The Morgan fingerprint density at radius 1 is 1.14 bits per heavy atom. The Labute approximate surface area is 166 Å². The zero-order valence-electron chi connectivity index (χ0n) is 15.0. The number of hydrogen-bond donors (Lipinski definition) is 0. The van der Waals surface area contributed by atoms with E-state index in [0.29, 0.717) is 23.8 Å². The SMILES string of the molecule is O=C(CCN1C(=O)CSc2ccccc21)OCc1cc(-c2ccccc2)on1. The Morgan fingerprint density at radius 3 is 2.79 bits per heavy atom. The molecule has 2 aromatic carbocycles. The molecule has 0 unspecified atom stereocenters. The highest BCUT2D eigenvalue weighted by molar-refractivity contribution is 8.00. The Morgan fingerprint density at radius 2 is 1.93 bits per heavy atom. The van der Waals surface area contributed by atoms with Crippen LogP contribution in [0.1, 0.15) is 12.1 Å². The predicted molar refractivity (Wildman–Crippen MR) is 106 cm³/mol. The summed E-state index contributed by atoms with van der Waals surface area (Å²) in [5, 5.41) is 3.94. The van der Waals surface area contributed by atoms with Crippen LogP contribution in [-0.2, 0) is 20.9 Å². The van der Waals surface area contributed by atoms with Crippen LogP contribution in [0.25, 0.3) is 11.3 Å². The number of ether oxygens (including phenoxy) is 1. The fourth-order valence-corrected chi connectivity index (χ4v) is 3.88. The second kappa shape index (κ2) is 8.31. The summed E-state index contributed by atoms with van der Waals surface area (Å²) in [7, 11) is 0. The summed E-state index contributed by atoms with van der Waals surface area (Å²) in [4.78, 5) is 27.0.